The molecule has 0 unspecified atom stereocenters. The van der Waals surface area contributed by atoms with Crippen LogP contribution in [0.25, 0.3) is 11.0 Å². The predicted molar refractivity (Wildman–Crippen MR) is 106 cm³/mol. The highest BCUT2D eigenvalue weighted by Crippen LogP contribution is 2.27. The van der Waals surface area contributed by atoms with Crippen LogP contribution in [-0.2, 0) is 4.79 Å². The highest BCUT2D eigenvalue weighted by atomic mass is 16.6. The number of carbonyl (C=O) groups is 2. The summed E-state index contributed by atoms with van der Waals surface area (Å²) in [4.78, 5) is 33.3. The zero-order valence-corrected chi connectivity index (χ0v) is 15.7. The number of carbonyl (C=O) groups excluding carboxylic acids is 2. The molecule has 2 aromatic carbocycles. The number of nitrogens with one attached hydrogen (secondary N) is 1. The van der Waals surface area contributed by atoms with Gasteiger partial charge in [0, 0.05) is 17.5 Å². The molecule has 3 rings (SSSR count). The molecule has 0 aliphatic carbocycles. The van der Waals surface area contributed by atoms with Gasteiger partial charge in [-0.15, -0.1) is 0 Å². The molecule has 0 spiro atoms. The van der Waals surface area contributed by atoms with Crippen molar-refractivity contribution >= 4 is 34.7 Å². The number of nitro groups is 1. The fraction of sp³-hybridized carbons (Fsp3) is 0.105. The van der Waals surface area contributed by atoms with Gasteiger partial charge in [0.1, 0.15) is 5.58 Å². The van der Waals surface area contributed by atoms with Crippen LogP contribution in [0.1, 0.15) is 16.1 Å². The molecule has 0 aliphatic heterocycles. The highest BCUT2D eigenvalue weighted by molar-refractivity contribution is 5.97. The number of methoxy groups -OCH3 is 1. The van der Waals surface area contributed by atoms with Gasteiger partial charge in [-0.1, -0.05) is 0 Å². The van der Waals surface area contributed by atoms with Crippen molar-refractivity contribution in [2.75, 3.05) is 13.7 Å². The van der Waals surface area contributed by atoms with Crippen molar-refractivity contribution in [1.82, 2.24) is 5.43 Å². The second kappa shape index (κ2) is 8.73. The van der Waals surface area contributed by atoms with Crippen LogP contribution in [0.15, 0.2) is 52.0 Å². The average molecular weight is 412 g/mol. The largest absolute Gasteiger partial charge is 0.493 e. The Hall–Kier alpha value is -4.41. The number of nitrogens with zero attached hydrogens (tertiary/aromatic N) is 2. The molecule has 0 aliphatic rings. The molecule has 11 nitrogen and oxygen atoms in total. The lowest BCUT2D eigenvalue weighted by molar-refractivity contribution is -0.384. The maximum absolute atomic E-state index is 12.2. The zero-order chi connectivity index (χ0) is 21.7. The molecule has 1 aromatic heterocycles. The maximum atomic E-state index is 12.2. The third-order valence-corrected chi connectivity index (χ3v) is 3.87. The highest BCUT2D eigenvalue weighted by Gasteiger charge is 2.14. The zero-order valence-electron chi connectivity index (χ0n) is 15.7. The number of rotatable bonds is 8. The van der Waals surface area contributed by atoms with Gasteiger partial charge in [-0.05, 0) is 35.9 Å². The summed E-state index contributed by atoms with van der Waals surface area (Å²) in [6.45, 7) is -0.291. The normalized spacial score (nSPS) is 10.8. The summed E-state index contributed by atoms with van der Waals surface area (Å²) in [5.74, 6) is -0.612. The average Bonchev–Trinajstić information content (AvgIpc) is 3.15. The molecule has 0 saturated carbocycles. The number of ether oxygens (including phenoxy) is 2. The minimum Gasteiger partial charge on any atom is -0.493 e. The fourth-order valence-electron chi connectivity index (χ4n) is 2.51. The van der Waals surface area contributed by atoms with Gasteiger partial charge < -0.3 is 19.6 Å². The number of nitrogens with two attached hydrogens (primary N) is 1. The molecular weight excluding hydrogens is 396 g/mol. The molecule has 0 bridgehead atoms. The Labute approximate surface area is 169 Å². The Morgan fingerprint density at radius 1 is 1.23 bits per heavy atom. The van der Waals surface area contributed by atoms with Gasteiger partial charge in [-0.3, -0.25) is 19.7 Å². The Bertz CT molecular complexity index is 1150. The van der Waals surface area contributed by atoms with Crippen molar-refractivity contribution in [3.8, 4) is 11.5 Å². The van der Waals surface area contributed by atoms with Crippen LogP contribution in [0, 0.1) is 10.1 Å². The van der Waals surface area contributed by atoms with Gasteiger partial charge in [0.25, 0.3) is 11.6 Å². The second-order valence-corrected chi connectivity index (χ2v) is 5.95. The molecule has 154 valence electrons. The lowest BCUT2D eigenvalue weighted by atomic mass is 10.2. The van der Waals surface area contributed by atoms with Crippen molar-refractivity contribution in [1.29, 1.82) is 0 Å². The van der Waals surface area contributed by atoms with E-state index in [1.807, 2.05) is 0 Å². The molecular formula is C19H16N4O7. The fourth-order valence-corrected chi connectivity index (χ4v) is 2.51. The first-order valence-corrected chi connectivity index (χ1v) is 8.48. The van der Waals surface area contributed by atoms with E-state index < -0.39 is 16.7 Å². The monoisotopic (exact) mass is 412 g/mol. The number of benzene rings is 2. The van der Waals surface area contributed by atoms with E-state index in [9.17, 15) is 19.7 Å². The molecule has 0 radical (unpaired) electrons. The summed E-state index contributed by atoms with van der Waals surface area (Å²) in [7, 11) is 1.43. The lowest BCUT2D eigenvalue weighted by Gasteiger charge is -2.09. The lowest BCUT2D eigenvalue weighted by Crippen LogP contribution is -2.20. The van der Waals surface area contributed by atoms with Crippen molar-refractivity contribution in [2.24, 2.45) is 10.8 Å². The first-order valence-electron chi connectivity index (χ1n) is 8.48. The Morgan fingerprint density at radius 2 is 2.03 bits per heavy atom. The van der Waals surface area contributed by atoms with Gasteiger partial charge in [0.2, 0.25) is 0 Å². The number of fused-ring (bicyclic) bond motifs is 1. The topological polar surface area (TPSA) is 159 Å². The first kappa shape index (κ1) is 20.3. The molecule has 0 atom stereocenters. The van der Waals surface area contributed by atoms with Gasteiger partial charge in [0.15, 0.2) is 23.9 Å². The maximum Gasteiger partial charge on any atom is 0.307 e. The molecule has 3 aromatic rings. The van der Waals surface area contributed by atoms with Crippen LogP contribution in [0.5, 0.6) is 11.5 Å². The number of primary amides is 1. The Morgan fingerprint density at radius 3 is 2.73 bits per heavy atom. The summed E-state index contributed by atoms with van der Waals surface area (Å²) in [6.07, 6.45) is 1.37. The number of non-ortho nitro benzene ring substituents is 1. The first-order chi connectivity index (χ1) is 14.4. The van der Waals surface area contributed by atoms with Gasteiger partial charge in [0.05, 0.1) is 18.2 Å². The van der Waals surface area contributed by atoms with E-state index in [0.717, 1.165) is 0 Å². The standard InChI is InChI=1S/C19H16N4O7/c1-28-16-6-11(2-4-15(16)29-10-18(20)24)9-21-22-19(25)17-8-12-7-13(23(26)27)3-5-14(12)30-17/h2-9H,10H2,1H3,(H2,20,24)(H,22,25)/b21-9-. The third kappa shape index (κ3) is 4.70. The molecule has 30 heavy (non-hydrogen) atoms. The predicted octanol–water partition coefficient (Wildman–Crippen LogP) is 1.98. The van der Waals surface area contributed by atoms with Crippen molar-refractivity contribution in [2.45, 2.75) is 0 Å². The van der Waals surface area contributed by atoms with E-state index in [0.29, 0.717) is 28.0 Å². The molecule has 3 N–H and O–H groups in total. The summed E-state index contributed by atoms with van der Waals surface area (Å²) in [5, 5.41) is 15.1. The minimum absolute atomic E-state index is 0.0459. The summed E-state index contributed by atoms with van der Waals surface area (Å²) in [6, 6.07) is 10.2. The number of furan rings is 1. The van der Waals surface area contributed by atoms with E-state index >= 15 is 0 Å². The number of amides is 2. The van der Waals surface area contributed by atoms with Crippen molar-refractivity contribution in [3.05, 3.63) is 63.9 Å². The number of nitro benzene ring substituents is 1. The minimum atomic E-state index is -0.626. The van der Waals surface area contributed by atoms with Crippen LogP contribution in [0.4, 0.5) is 5.69 Å². The SMILES string of the molecule is COc1cc(/C=N\NC(=O)c2cc3cc([N+](=O)[O-])ccc3o2)ccc1OCC(N)=O. The van der Waals surface area contributed by atoms with E-state index in [-0.39, 0.29) is 18.1 Å². The second-order valence-electron chi connectivity index (χ2n) is 5.95. The summed E-state index contributed by atoms with van der Waals surface area (Å²) >= 11 is 0. The molecule has 2 amide bonds. The van der Waals surface area contributed by atoms with Gasteiger partial charge >= 0.3 is 5.91 Å². The Kier molecular flexibility index (Phi) is 5.92. The van der Waals surface area contributed by atoms with Crippen LogP contribution in [0.3, 0.4) is 0 Å². The quantitative estimate of drug-likeness (QED) is 0.325. The molecule has 0 fully saturated rings. The van der Waals surface area contributed by atoms with Crippen LogP contribution in [0.2, 0.25) is 0 Å². The number of hydrogen-bond acceptors (Lipinski definition) is 8. The number of hydrazone groups is 1. The van der Waals surface area contributed by atoms with E-state index in [2.05, 4.69) is 10.5 Å². The van der Waals surface area contributed by atoms with Crippen molar-refractivity contribution < 1.29 is 28.4 Å². The van der Waals surface area contributed by atoms with E-state index in [1.165, 1.54) is 37.6 Å². The third-order valence-electron chi connectivity index (χ3n) is 3.87. The summed E-state index contributed by atoms with van der Waals surface area (Å²) < 4.78 is 15.8. The van der Waals surface area contributed by atoms with Gasteiger partial charge in [-0.25, -0.2) is 5.43 Å². The smallest absolute Gasteiger partial charge is 0.307 e. The molecule has 0 saturated heterocycles. The van der Waals surface area contributed by atoms with Crippen LogP contribution < -0.4 is 20.6 Å². The molecule has 1 heterocycles. The van der Waals surface area contributed by atoms with E-state index in [4.69, 9.17) is 19.6 Å². The summed E-state index contributed by atoms with van der Waals surface area (Å²) in [5.41, 5.74) is 8.17. The molecule has 11 heteroatoms. The number of hydrogen-bond donors (Lipinski definition) is 2. The van der Waals surface area contributed by atoms with Crippen molar-refractivity contribution in [3.63, 3.8) is 0 Å². The van der Waals surface area contributed by atoms with Crippen LogP contribution in [-0.4, -0.2) is 36.7 Å². The van der Waals surface area contributed by atoms with Gasteiger partial charge in [-0.2, -0.15) is 5.10 Å². The van der Waals surface area contributed by atoms with E-state index in [1.54, 1.807) is 18.2 Å². The Balaban J connectivity index is 1.68. The van der Waals surface area contributed by atoms with Crippen LogP contribution >= 0.6 is 0 Å².